The van der Waals surface area contributed by atoms with Crippen LogP contribution in [0.25, 0.3) is 10.7 Å². The Morgan fingerprint density at radius 3 is 3.11 bits per heavy atom. The van der Waals surface area contributed by atoms with Gasteiger partial charge in [-0.2, -0.15) is 0 Å². The van der Waals surface area contributed by atoms with Crippen molar-refractivity contribution in [2.45, 2.75) is 26.0 Å². The molecule has 0 radical (unpaired) electrons. The number of rotatable bonds is 7. The Morgan fingerprint density at radius 2 is 2.47 bits per heavy atom. The number of carboxylic acids is 1. The highest BCUT2D eigenvalue weighted by Gasteiger charge is 2.18. The third kappa shape index (κ3) is 3.42. The molecule has 0 fully saturated rings. The lowest BCUT2D eigenvalue weighted by Crippen LogP contribution is -2.25. The normalized spacial score (nSPS) is 12.5. The molecule has 102 valence electrons. The van der Waals surface area contributed by atoms with Crippen LogP contribution in [0.4, 0.5) is 0 Å². The molecule has 0 bridgehead atoms. The van der Waals surface area contributed by atoms with Crippen molar-refractivity contribution in [3.05, 3.63) is 29.9 Å². The fourth-order valence-corrected chi connectivity index (χ4v) is 2.59. The summed E-state index contributed by atoms with van der Waals surface area (Å²) in [6, 6.07) is 3.97. The Labute approximate surface area is 115 Å². The molecule has 0 aromatic carbocycles. The monoisotopic (exact) mass is 280 g/mol. The molecule has 0 spiro atoms. The van der Waals surface area contributed by atoms with Crippen LogP contribution in [0.2, 0.25) is 0 Å². The van der Waals surface area contributed by atoms with E-state index < -0.39 is 12.1 Å². The van der Waals surface area contributed by atoms with Gasteiger partial charge in [-0.3, -0.25) is 0 Å². The third-order valence-corrected chi connectivity index (χ3v) is 3.60. The predicted octanol–water partition coefficient (Wildman–Crippen LogP) is 2.49. The number of hydrogen-bond donors (Lipinski definition) is 1. The van der Waals surface area contributed by atoms with E-state index in [9.17, 15) is 4.79 Å². The van der Waals surface area contributed by atoms with Crippen molar-refractivity contribution in [1.82, 2.24) is 9.55 Å². The number of carboxylic acid groups (broad SMARTS) is 1. The minimum Gasteiger partial charge on any atom is -0.479 e. The highest BCUT2D eigenvalue weighted by Crippen LogP contribution is 2.23. The topological polar surface area (TPSA) is 64.4 Å². The van der Waals surface area contributed by atoms with Gasteiger partial charge in [-0.15, -0.1) is 11.3 Å². The molecule has 1 N–H and O–H groups in total. The van der Waals surface area contributed by atoms with Gasteiger partial charge in [0.25, 0.3) is 0 Å². The van der Waals surface area contributed by atoms with Crippen molar-refractivity contribution in [2.24, 2.45) is 0 Å². The van der Waals surface area contributed by atoms with Crippen LogP contribution in [0.3, 0.4) is 0 Å². The van der Waals surface area contributed by atoms with Gasteiger partial charge in [-0.25, -0.2) is 9.78 Å². The molecule has 0 saturated heterocycles. The zero-order valence-electron chi connectivity index (χ0n) is 10.7. The number of aromatic nitrogens is 2. The SMILES string of the molecule is CCOC(CCn1ccnc1-c1cccs1)C(=O)O. The quantitative estimate of drug-likeness (QED) is 0.846. The molecule has 6 heteroatoms. The Bertz CT molecular complexity index is 522. The Morgan fingerprint density at radius 1 is 1.63 bits per heavy atom. The fourth-order valence-electron chi connectivity index (χ4n) is 1.86. The molecule has 1 atom stereocenters. The number of imidazole rings is 1. The van der Waals surface area contributed by atoms with Gasteiger partial charge in [0.2, 0.25) is 0 Å². The lowest BCUT2D eigenvalue weighted by atomic mass is 10.2. The van der Waals surface area contributed by atoms with Gasteiger partial charge in [0.15, 0.2) is 6.10 Å². The molecule has 0 saturated carbocycles. The van der Waals surface area contributed by atoms with Crippen LogP contribution in [0, 0.1) is 0 Å². The number of thiophene rings is 1. The van der Waals surface area contributed by atoms with Gasteiger partial charge >= 0.3 is 5.97 Å². The summed E-state index contributed by atoms with van der Waals surface area (Å²) in [5.41, 5.74) is 0. The van der Waals surface area contributed by atoms with Crippen LogP contribution in [-0.4, -0.2) is 33.3 Å². The number of ether oxygens (including phenoxy) is 1. The van der Waals surface area contributed by atoms with Crippen molar-refractivity contribution in [3.63, 3.8) is 0 Å². The summed E-state index contributed by atoms with van der Waals surface area (Å²) >= 11 is 1.61. The van der Waals surface area contributed by atoms with Gasteiger partial charge in [-0.05, 0) is 18.4 Å². The number of aryl methyl sites for hydroxylation is 1. The maximum atomic E-state index is 11.0. The molecule has 5 nitrogen and oxygen atoms in total. The van der Waals surface area contributed by atoms with Gasteiger partial charge in [-0.1, -0.05) is 6.07 Å². The summed E-state index contributed by atoms with van der Waals surface area (Å²) in [6.07, 6.45) is 3.26. The lowest BCUT2D eigenvalue weighted by molar-refractivity contribution is -0.150. The van der Waals surface area contributed by atoms with Crippen molar-refractivity contribution in [1.29, 1.82) is 0 Å². The first kappa shape index (κ1) is 13.8. The van der Waals surface area contributed by atoms with E-state index in [-0.39, 0.29) is 0 Å². The summed E-state index contributed by atoms with van der Waals surface area (Å²) in [5.74, 6) is -0.0460. The molecule has 0 amide bonds. The molecule has 2 aromatic rings. The second-order valence-corrected chi connectivity index (χ2v) is 4.94. The first-order chi connectivity index (χ1) is 9.22. The van der Waals surface area contributed by atoms with E-state index in [1.807, 2.05) is 28.3 Å². The lowest BCUT2D eigenvalue weighted by Gasteiger charge is -2.13. The minimum atomic E-state index is -0.917. The zero-order valence-corrected chi connectivity index (χ0v) is 11.5. The Balaban J connectivity index is 2.04. The molecule has 2 heterocycles. The first-order valence-corrected chi connectivity index (χ1v) is 6.99. The van der Waals surface area contributed by atoms with Crippen molar-refractivity contribution < 1.29 is 14.6 Å². The fraction of sp³-hybridized carbons (Fsp3) is 0.385. The van der Waals surface area contributed by atoms with Crippen molar-refractivity contribution in [3.8, 4) is 10.7 Å². The van der Waals surface area contributed by atoms with Crippen LogP contribution >= 0.6 is 11.3 Å². The smallest absolute Gasteiger partial charge is 0.332 e. The minimum absolute atomic E-state index is 0.401. The second kappa shape index (κ2) is 6.49. The molecule has 2 aromatic heterocycles. The average Bonchev–Trinajstić information content (AvgIpc) is 3.03. The maximum Gasteiger partial charge on any atom is 0.332 e. The highest BCUT2D eigenvalue weighted by atomic mass is 32.1. The largest absolute Gasteiger partial charge is 0.479 e. The summed E-state index contributed by atoms with van der Waals surface area (Å²) in [4.78, 5) is 16.4. The second-order valence-electron chi connectivity index (χ2n) is 3.99. The summed E-state index contributed by atoms with van der Waals surface area (Å²) < 4.78 is 7.16. The van der Waals surface area contributed by atoms with E-state index in [0.717, 1.165) is 10.7 Å². The van der Waals surface area contributed by atoms with E-state index in [4.69, 9.17) is 9.84 Å². The van der Waals surface area contributed by atoms with Crippen LogP contribution in [0.5, 0.6) is 0 Å². The number of hydrogen-bond acceptors (Lipinski definition) is 4. The molecule has 2 rings (SSSR count). The van der Waals surface area contributed by atoms with Crippen molar-refractivity contribution >= 4 is 17.3 Å². The van der Waals surface area contributed by atoms with Crippen LogP contribution in [-0.2, 0) is 16.1 Å². The average molecular weight is 280 g/mol. The van der Waals surface area contributed by atoms with Gasteiger partial charge in [0, 0.05) is 32.0 Å². The summed E-state index contributed by atoms with van der Waals surface area (Å²) in [6.45, 7) is 2.77. The molecule has 1 unspecified atom stereocenters. The molecule has 0 aliphatic heterocycles. The van der Waals surface area contributed by atoms with E-state index in [1.54, 1.807) is 24.5 Å². The van der Waals surface area contributed by atoms with Gasteiger partial charge < -0.3 is 14.4 Å². The van der Waals surface area contributed by atoms with Gasteiger partial charge in [0.1, 0.15) is 5.82 Å². The summed E-state index contributed by atoms with van der Waals surface area (Å²) in [7, 11) is 0. The van der Waals surface area contributed by atoms with E-state index >= 15 is 0 Å². The zero-order chi connectivity index (χ0) is 13.7. The Hall–Kier alpha value is -1.66. The van der Waals surface area contributed by atoms with Crippen LogP contribution in [0.15, 0.2) is 29.9 Å². The number of nitrogens with zero attached hydrogens (tertiary/aromatic N) is 2. The predicted molar refractivity (Wildman–Crippen MR) is 73.2 cm³/mol. The van der Waals surface area contributed by atoms with E-state index in [0.29, 0.717) is 19.6 Å². The van der Waals surface area contributed by atoms with Gasteiger partial charge in [0.05, 0.1) is 4.88 Å². The molecular weight excluding hydrogens is 264 g/mol. The number of carbonyl (C=O) groups is 1. The Kier molecular flexibility index (Phi) is 4.70. The molecule has 0 aliphatic carbocycles. The first-order valence-electron chi connectivity index (χ1n) is 6.11. The van der Waals surface area contributed by atoms with Crippen molar-refractivity contribution in [2.75, 3.05) is 6.61 Å². The van der Waals surface area contributed by atoms with E-state index in [2.05, 4.69) is 4.98 Å². The highest BCUT2D eigenvalue weighted by molar-refractivity contribution is 7.13. The standard InChI is InChI=1S/C13H16N2O3S/c1-2-18-10(13(16)17)5-7-15-8-6-14-12(15)11-4-3-9-19-11/h3-4,6,8-10H,2,5,7H2,1H3,(H,16,17). The van der Waals surface area contributed by atoms with Crippen LogP contribution in [0.1, 0.15) is 13.3 Å². The van der Waals surface area contributed by atoms with Crippen LogP contribution < -0.4 is 0 Å². The molecule has 19 heavy (non-hydrogen) atoms. The summed E-state index contributed by atoms with van der Waals surface area (Å²) in [5, 5.41) is 11.0. The third-order valence-electron chi connectivity index (χ3n) is 2.73. The van der Waals surface area contributed by atoms with E-state index in [1.165, 1.54) is 0 Å². The molecule has 0 aliphatic rings. The molecular formula is C13H16N2O3S. The maximum absolute atomic E-state index is 11.0. The number of aliphatic carboxylic acids is 1.